The predicted molar refractivity (Wildman–Crippen MR) is 80.5 cm³/mol. The molecule has 1 aromatic heterocycles. The molecule has 3 nitrogen and oxygen atoms in total. The fourth-order valence-electron chi connectivity index (χ4n) is 2.20. The van der Waals surface area contributed by atoms with Gasteiger partial charge in [-0.1, -0.05) is 25.5 Å². The first-order valence-electron chi connectivity index (χ1n) is 6.94. The molecule has 0 spiro atoms. The minimum absolute atomic E-state index is 0.0553. The smallest absolute Gasteiger partial charge is 0.253 e. The summed E-state index contributed by atoms with van der Waals surface area (Å²) in [6.07, 6.45) is 5.59. The Balaban J connectivity index is 2.08. The van der Waals surface area contributed by atoms with Gasteiger partial charge >= 0.3 is 0 Å². The molecule has 2 aromatic rings. The molecule has 0 atom stereocenters. The second-order valence-electron chi connectivity index (χ2n) is 4.97. The fraction of sp³-hybridized carbons (Fsp3) is 0.294. The average Bonchev–Trinajstić information content (AvgIpc) is 2.48. The van der Waals surface area contributed by atoms with Crippen molar-refractivity contribution in [2.24, 2.45) is 0 Å². The molecule has 0 N–H and O–H groups in total. The third-order valence-corrected chi connectivity index (χ3v) is 3.23. The third-order valence-electron chi connectivity index (χ3n) is 3.23. The molecule has 3 heteroatoms. The summed E-state index contributed by atoms with van der Waals surface area (Å²) >= 11 is 0. The molecule has 104 valence electrons. The van der Waals surface area contributed by atoms with E-state index in [1.165, 1.54) is 5.56 Å². The molecule has 0 saturated heterocycles. The number of amides is 1. The number of hydrogen-bond donors (Lipinski definition) is 0. The Labute approximate surface area is 120 Å². The molecule has 0 unspecified atom stereocenters. The van der Waals surface area contributed by atoms with Crippen molar-refractivity contribution in [2.75, 3.05) is 7.05 Å². The zero-order valence-corrected chi connectivity index (χ0v) is 12.0. The summed E-state index contributed by atoms with van der Waals surface area (Å²) in [5.74, 6) is 0.0553. The quantitative estimate of drug-likeness (QED) is 0.833. The Morgan fingerprint density at radius 2 is 1.90 bits per heavy atom. The molecule has 0 radical (unpaired) electrons. The summed E-state index contributed by atoms with van der Waals surface area (Å²) in [5, 5.41) is 0. The molecule has 1 aromatic carbocycles. The largest absolute Gasteiger partial charge is 0.337 e. The lowest BCUT2D eigenvalue weighted by Crippen LogP contribution is -2.26. The second kappa shape index (κ2) is 6.85. The van der Waals surface area contributed by atoms with Crippen molar-refractivity contribution in [2.45, 2.75) is 26.3 Å². The summed E-state index contributed by atoms with van der Waals surface area (Å²) in [5.41, 5.74) is 3.06. The SMILES string of the molecule is CCCc1cccc(C(=O)N(C)Cc2ccncc2)c1. The maximum Gasteiger partial charge on any atom is 0.253 e. The fourth-order valence-corrected chi connectivity index (χ4v) is 2.20. The highest BCUT2D eigenvalue weighted by Crippen LogP contribution is 2.11. The first-order chi connectivity index (χ1) is 9.70. The molecule has 0 aliphatic carbocycles. The van der Waals surface area contributed by atoms with E-state index in [9.17, 15) is 4.79 Å². The lowest BCUT2D eigenvalue weighted by Gasteiger charge is -2.17. The zero-order chi connectivity index (χ0) is 14.4. The van der Waals surface area contributed by atoms with E-state index in [-0.39, 0.29) is 5.91 Å². The Hall–Kier alpha value is -2.16. The van der Waals surface area contributed by atoms with Gasteiger partial charge in [-0.2, -0.15) is 0 Å². The van der Waals surface area contributed by atoms with Gasteiger partial charge < -0.3 is 4.90 Å². The van der Waals surface area contributed by atoms with Gasteiger partial charge in [0.05, 0.1) is 0 Å². The maximum absolute atomic E-state index is 12.4. The number of rotatable bonds is 5. The van der Waals surface area contributed by atoms with Crippen LogP contribution >= 0.6 is 0 Å². The molecule has 0 aliphatic heterocycles. The maximum atomic E-state index is 12.4. The molecular weight excluding hydrogens is 248 g/mol. The van der Waals surface area contributed by atoms with Gasteiger partial charge in [-0.05, 0) is 41.8 Å². The summed E-state index contributed by atoms with van der Waals surface area (Å²) in [7, 11) is 1.83. The minimum Gasteiger partial charge on any atom is -0.337 e. The van der Waals surface area contributed by atoms with E-state index < -0.39 is 0 Å². The van der Waals surface area contributed by atoms with Crippen molar-refractivity contribution in [3.63, 3.8) is 0 Å². The van der Waals surface area contributed by atoms with Crippen LogP contribution in [0.1, 0.15) is 34.8 Å². The van der Waals surface area contributed by atoms with Crippen LogP contribution in [0.4, 0.5) is 0 Å². The van der Waals surface area contributed by atoms with Gasteiger partial charge in [0, 0.05) is 31.5 Å². The third kappa shape index (κ3) is 3.67. The van der Waals surface area contributed by atoms with Crippen LogP contribution in [-0.4, -0.2) is 22.8 Å². The molecule has 1 amide bonds. The predicted octanol–water partition coefficient (Wildman–Crippen LogP) is 3.31. The van der Waals surface area contributed by atoms with Gasteiger partial charge in [-0.3, -0.25) is 9.78 Å². The van der Waals surface area contributed by atoms with Crippen LogP contribution in [0.15, 0.2) is 48.8 Å². The highest BCUT2D eigenvalue weighted by Gasteiger charge is 2.12. The molecule has 2 rings (SSSR count). The second-order valence-corrected chi connectivity index (χ2v) is 4.97. The number of hydrogen-bond acceptors (Lipinski definition) is 2. The Morgan fingerprint density at radius 1 is 1.15 bits per heavy atom. The van der Waals surface area contributed by atoms with Gasteiger partial charge in [-0.25, -0.2) is 0 Å². The number of carbonyl (C=O) groups excluding carboxylic acids is 1. The van der Waals surface area contributed by atoms with Gasteiger partial charge in [0.2, 0.25) is 0 Å². The summed E-state index contributed by atoms with van der Waals surface area (Å²) < 4.78 is 0. The number of aromatic nitrogens is 1. The van der Waals surface area contributed by atoms with E-state index in [0.29, 0.717) is 6.54 Å². The lowest BCUT2D eigenvalue weighted by molar-refractivity contribution is 0.0785. The van der Waals surface area contributed by atoms with Crippen molar-refractivity contribution >= 4 is 5.91 Å². The van der Waals surface area contributed by atoms with Crippen LogP contribution in [-0.2, 0) is 13.0 Å². The molecule has 1 heterocycles. The highest BCUT2D eigenvalue weighted by molar-refractivity contribution is 5.94. The number of nitrogens with zero attached hydrogens (tertiary/aromatic N) is 2. The topological polar surface area (TPSA) is 33.2 Å². The zero-order valence-electron chi connectivity index (χ0n) is 12.0. The van der Waals surface area contributed by atoms with E-state index in [1.54, 1.807) is 17.3 Å². The van der Waals surface area contributed by atoms with Crippen LogP contribution in [0, 0.1) is 0 Å². The van der Waals surface area contributed by atoms with Gasteiger partial charge in [-0.15, -0.1) is 0 Å². The Kier molecular flexibility index (Phi) is 4.88. The summed E-state index contributed by atoms with van der Waals surface area (Å²) in [6, 6.07) is 11.8. The minimum atomic E-state index is 0.0553. The van der Waals surface area contributed by atoms with Crippen LogP contribution in [0.3, 0.4) is 0 Å². The van der Waals surface area contributed by atoms with Gasteiger partial charge in [0.25, 0.3) is 5.91 Å². The van der Waals surface area contributed by atoms with Crippen molar-refractivity contribution in [1.82, 2.24) is 9.88 Å². The molecular formula is C17H20N2O. The first kappa shape index (κ1) is 14.3. The average molecular weight is 268 g/mol. The van der Waals surface area contributed by atoms with E-state index >= 15 is 0 Å². The molecule has 0 saturated carbocycles. The number of benzene rings is 1. The summed E-state index contributed by atoms with van der Waals surface area (Å²) in [4.78, 5) is 18.1. The van der Waals surface area contributed by atoms with Crippen molar-refractivity contribution in [3.05, 3.63) is 65.5 Å². The summed E-state index contributed by atoms with van der Waals surface area (Å²) in [6.45, 7) is 2.74. The van der Waals surface area contributed by atoms with E-state index in [2.05, 4.69) is 18.0 Å². The monoisotopic (exact) mass is 268 g/mol. The first-order valence-corrected chi connectivity index (χ1v) is 6.94. The van der Waals surface area contributed by atoms with Crippen molar-refractivity contribution in [1.29, 1.82) is 0 Å². The Bertz CT molecular complexity index is 566. The standard InChI is InChI=1S/C17H20N2O/c1-3-5-14-6-4-7-16(12-14)17(20)19(2)13-15-8-10-18-11-9-15/h4,6-12H,3,5,13H2,1-2H3. The van der Waals surface area contributed by atoms with E-state index in [4.69, 9.17) is 0 Å². The van der Waals surface area contributed by atoms with Gasteiger partial charge in [0.1, 0.15) is 0 Å². The van der Waals surface area contributed by atoms with Crippen molar-refractivity contribution in [3.8, 4) is 0 Å². The molecule has 0 fully saturated rings. The van der Waals surface area contributed by atoms with Crippen LogP contribution < -0.4 is 0 Å². The normalized spacial score (nSPS) is 10.3. The lowest BCUT2D eigenvalue weighted by atomic mass is 10.1. The van der Waals surface area contributed by atoms with E-state index in [0.717, 1.165) is 24.0 Å². The molecule has 20 heavy (non-hydrogen) atoms. The van der Waals surface area contributed by atoms with Crippen LogP contribution in [0.5, 0.6) is 0 Å². The molecule has 0 aliphatic rings. The van der Waals surface area contributed by atoms with Gasteiger partial charge in [0.15, 0.2) is 0 Å². The van der Waals surface area contributed by atoms with Crippen LogP contribution in [0.2, 0.25) is 0 Å². The number of pyridine rings is 1. The number of carbonyl (C=O) groups is 1. The van der Waals surface area contributed by atoms with Crippen molar-refractivity contribution < 1.29 is 4.79 Å². The van der Waals surface area contributed by atoms with Crippen LogP contribution in [0.25, 0.3) is 0 Å². The highest BCUT2D eigenvalue weighted by atomic mass is 16.2. The molecule has 0 bridgehead atoms. The number of aryl methyl sites for hydroxylation is 1. The van der Waals surface area contributed by atoms with E-state index in [1.807, 2.05) is 37.4 Å². The Morgan fingerprint density at radius 3 is 2.60 bits per heavy atom.